The van der Waals surface area contributed by atoms with Gasteiger partial charge in [0.25, 0.3) is 0 Å². The Hall–Kier alpha value is -0.760. The Kier molecular flexibility index (Phi) is 4.05. The predicted octanol–water partition coefficient (Wildman–Crippen LogP) is 3.18. The van der Waals surface area contributed by atoms with E-state index in [-0.39, 0.29) is 0 Å². The maximum Gasteiger partial charge on any atom is 0.0223 e. The highest BCUT2D eigenvalue weighted by Gasteiger charge is 2.22. The SMILES string of the molecule is CCCn1ccc(CNC2CCCC2C)c1. The van der Waals surface area contributed by atoms with Gasteiger partial charge in [-0.2, -0.15) is 0 Å². The van der Waals surface area contributed by atoms with Crippen LogP contribution < -0.4 is 5.32 Å². The Balaban J connectivity index is 1.80. The fourth-order valence-electron chi connectivity index (χ4n) is 2.69. The van der Waals surface area contributed by atoms with Crippen molar-refractivity contribution < 1.29 is 0 Å². The third kappa shape index (κ3) is 2.88. The standard InChI is InChI=1S/C14H24N2/c1-3-8-16-9-7-13(11-16)10-15-14-6-4-5-12(14)2/h7,9,11-12,14-15H,3-6,8,10H2,1-2H3. The molecule has 90 valence electrons. The Morgan fingerprint density at radius 2 is 2.31 bits per heavy atom. The van der Waals surface area contributed by atoms with Gasteiger partial charge >= 0.3 is 0 Å². The minimum atomic E-state index is 0.745. The minimum Gasteiger partial charge on any atom is -0.354 e. The molecule has 16 heavy (non-hydrogen) atoms. The van der Waals surface area contributed by atoms with Crippen molar-refractivity contribution >= 4 is 0 Å². The fourth-order valence-corrected chi connectivity index (χ4v) is 2.69. The van der Waals surface area contributed by atoms with E-state index >= 15 is 0 Å². The number of nitrogens with one attached hydrogen (secondary N) is 1. The summed E-state index contributed by atoms with van der Waals surface area (Å²) in [4.78, 5) is 0. The number of hydrogen-bond acceptors (Lipinski definition) is 1. The Labute approximate surface area is 99.0 Å². The molecule has 2 rings (SSSR count). The summed E-state index contributed by atoms with van der Waals surface area (Å²) in [6.45, 7) is 6.76. The zero-order chi connectivity index (χ0) is 11.4. The van der Waals surface area contributed by atoms with Gasteiger partial charge in [-0.05, 0) is 36.8 Å². The summed E-state index contributed by atoms with van der Waals surface area (Å²) in [5, 5.41) is 3.69. The average Bonchev–Trinajstić information content (AvgIpc) is 2.86. The fraction of sp³-hybridized carbons (Fsp3) is 0.714. The molecule has 2 nitrogen and oxygen atoms in total. The first-order valence-electron chi connectivity index (χ1n) is 6.67. The minimum absolute atomic E-state index is 0.745. The lowest BCUT2D eigenvalue weighted by Gasteiger charge is -2.16. The molecule has 1 aromatic rings. The number of aromatic nitrogens is 1. The summed E-state index contributed by atoms with van der Waals surface area (Å²) in [6, 6.07) is 2.98. The summed E-state index contributed by atoms with van der Waals surface area (Å²) >= 11 is 0. The van der Waals surface area contributed by atoms with Gasteiger partial charge in [0.05, 0.1) is 0 Å². The van der Waals surface area contributed by atoms with E-state index in [1.54, 1.807) is 0 Å². The van der Waals surface area contributed by atoms with Crippen LogP contribution in [0.25, 0.3) is 0 Å². The first-order chi connectivity index (χ1) is 7.79. The van der Waals surface area contributed by atoms with Crippen LogP contribution in [-0.4, -0.2) is 10.6 Å². The van der Waals surface area contributed by atoms with Gasteiger partial charge in [-0.1, -0.05) is 20.3 Å². The van der Waals surface area contributed by atoms with Gasteiger partial charge in [0, 0.05) is 31.5 Å². The zero-order valence-corrected chi connectivity index (χ0v) is 10.6. The van der Waals surface area contributed by atoms with Crippen molar-refractivity contribution in [2.24, 2.45) is 5.92 Å². The van der Waals surface area contributed by atoms with Crippen molar-refractivity contribution in [3.8, 4) is 0 Å². The van der Waals surface area contributed by atoms with Gasteiger partial charge in [-0.3, -0.25) is 0 Å². The molecule has 0 bridgehead atoms. The Morgan fingerprint density at radius 1 is 1.44 bits per heavy atom. The van der Waals surface area contributed by atoms with E-state index in [1.807, 2.05) is 0 Å². The van der Waals surface area contributed by atoms with Crippen molar-refractivity contribution in [2.45, 2.75) is 58.7 Å². The van der Waals surface area contributed by atoms with Crippen molar-refractivity contribution in [3.05, 3.63) is 24.0 Å². The molecule has 1 fully saturated rings. The second-order valence-electron chi connectivity index (χ2n) is 5.15. The number of aryl methyl sites for hydroxylation is 1. The van der Waals surface area contributed by atoms with Crippen LogP contribution in [0.1, 0.15) is 45.1 Å². The van der Waals surface area contributed by atoms with Crippen LogP contribution in [-0.2, 0) is 13.1 Å². The monoisotopic (exact) mass is 220 g/mol. The average molecular weight is 220 g/mol. The van der Waals surface area contributed by atoms with Crippen molar-refractivity contribution in [3.63, 3.8) is 0 Å². The van der Waals surface area contributed by atoms with Crippen molar-refractivity contribution in [1.82, 2.24) is 9.88 Å². The molecule has 1 aliphatic carbocycles. The van der Waals surface area contributed by atoms with Gasteiger partial charge in [-0.15, -0.1) is 0 Å². The number of hydrogen-bond donors (Lipinski definition) is 1. The van der Waals surface area contributed by atoms with E-state index in [9.17, 15) is 0 Å². The van der Waals surface area contributed by atoms with Gasteiger partial charge in [0.1, 0.15) is 0 Å². The maximum atomic E-state index is 3.69. The quantitative estimate of drug-likeness (QED) is 0.806. The van der Waals surface area contributed by atoms with Crippen LogP contribution in [0.3, 0.4) is 0 Å². The number of rotatable bonds is 5. The van der Waals surface area contributed by atoms with Crippen LogP contribution in [0.15, 0.2) is 18.5 Å². The first-order valence-corrected chi connectivity index (χ1v) is 6.67. The van der Waals surface area contributed by atoms with Crippen LogP contribution in [0.4, 0.5) is 0 Å². The molecule has 0 spiro atoms. The molecule has 1 aromatic heterocycles. The predicted molar refractivity (Wildman–Crippen MR) is 68.4 cm³/mol. The summed E-state index contributed by atoms with van der Waals surface area (Å²) < 4.78 is 2.29. The number of nitrogens with zero attached hydrogens (tertiary/aromatic N) is 1. The Bertz CT molecular complexity index is 316. The van der Waals surface area contributed by atoms with E-state index in [1.165, 1.54) is 31.2 Å². The third-order valence-corrected chi connectivity index (χ3v) is 3.72. The molecule has 0 aliphatic heterocycles. The zero-order valence-electron chi connectivity index (χ0n) is 10.6. The van der Waals surface area contributed by atoms with Crippen LogP contribution in [0.2, 0.25) is 0 Å². The van der Waals surface area contributed by atoms with E-state index in [4.69, 9.17) is 0 Å². The smallest absolute Gasteiger partial charge is 0.0223 e. The molecule has 0 saturated heterocycles. The molecular formula is C14H24N2. The second-order valence-corrected chi connectivity index (χ2v) is 5.15. The molecule has 2 unspecified atom stereocenters. The lowest BCUT2D eigenvalue weighted by Crippen LogP contribution is -2.30. The van der Waals surface area contributed by atoms with Gasteiger partial charge in [0.2, 0.25) is 0 Å². The maximum absolute atomic E-state index is 3.69. The molecule has 1 aliphatic rings. The third-order valence-electron chi connectivity index (χ3n) is 3.72. The lowest BCUT2D eigenvalue weighted by molar-refractivity contribution is 0.426. The molecule has 1 heterocycles. The van der Waals surface area contributed by atoms with Crippen molar-refractivity contribution in [2.75, 3.05) is 0 Å². The summed E-state index contributed by atoms with van der Waals surface area (Å²) in [5.41, 5.74) is 1.42. The van der Waals surface area contributed by atoms with Crippen LogP contribution in [0, 0.1) is 5.92 Å². The molecule has 0 aromatic carbocycles. The lowest BCUT2D eigenvalue weighted by atomic mass is 10.1. The van der Waals surface area contributed by atoms with Gasteiger partial charge in [-0.25, -0.2) is 0 Å². The topological polar surface area (TPSA) is 17.0 Å². The van der Waals surface area contributed by atoms with Gasteiger partial charge < -0.3 is 9.88 Å². The molecule has 1 saturated carbocycles. The molecular weight excluding hydrogens is 196 g/mol. The highest BCUT2D eigenvalue weighted by molar-refractivity contribution is 5.10. The van der Waals surface area contributed by atoms with Crippen molar-refractivity contribution in [1.29, 1.82) is 0 Å². The Morgan fingerprint density at radius 3 is 3.00 bits per heavy atom. The molecule has 1 N–H and O–H groups in total. The molecule has 2 atom stereocenters. The molecule has 0 radical (unpaired) electrons. The molecule has 0 amide bonds. The van der Waals surface area contributed by atoms with E-state index < -0.39 is 0 Å². The van der Waals surface area contributed by atoms with E-state index in [0.29, 0.717) is 0 Å². The summed E-state index contributed by atoms with van der Waals surface area (Å²) in [7, 11) is 0. The largest absolute Gasteiger partial charge is 0.354 e. The summed E-state index contributed by atoms with van der Waals surface area (Å²) in [5.74, 6) is 0.859. The van der Waals surface area contributed by atoms with Crippen LogP contribution in [0.5, 0.6) is 0 Å². The second kappa shape index (κ2) is 5.53. The highest BCUT2D eigenvalue weighted by atomic mass is 15.0. The van der Waals surface area contributed by atoms with Gasteiger partial charge in [0.15, 0.2) is 0 Å². The highest BCUT2D eigenvalue weighted by Crippen LogP contribution is 2.24. The summed E-state index contributed by atoms with van der Waals surface area (Å²) in [6.07, 6.45) is 9.83. The molecule has 2 heteroatoms. The first kappa shape index (κ1) is 11.7. The normalized spacial score (nSPS) is 25.1. The van der Waals surface area contributed by atoms with E-state index in [0.717, 1.165) is 25.0 Å². The van der Waals surface area contributed by atoms with Crippen LogP contribution >= 0.6 is 0 Å². The van der Waals surface area contributed by atoms with E-state index in [2.05, 4.69) is 42.2 Å².